The van der Waals surface area contributed by atoms with Crippen molar-refractivity contribution >= 4 is 29.0 Å². The Bertz CT molecular complexity index is 1010. The largest absolute Gasteiger partial charge is 0.461 e. The van der Waals surface area contributed by atoms with Crippen LogP contribution in [0.25, 0.3) is 11.6 Å². The highest BCUT2D eigenvalue weighted by Crippen LogP contribution is 2.25. The molecule has 0 aliphatic heterocycles. The van der Waals surface area contributed by atoms with Gasteiger partial charge in [-0.25, -0.2) is 9.97 Å². The minimum absolute atomic E-state index is 0.0296. The molecular formula is C19H19N5O4S. The number of thioether (sulfide) groups is 1. The zero-order valence-electron chi connectivity index (χ0n) is 15.8. The number of furan rings is 1. The van der Waals surface area contributed by atoms with Gasteiger partial charge in [0.25, 0.3) is 11.6 Å². The number of nitro benzene ring substituents is 1. The van der Waals surface area contributed by atoms with Gasteiger partial charge in [0.1, 0.15) is 5.03 Å². The molecule has 0 radical (unpaired) electrons. The molecule has 0 unspecified atom stereocenters. The topological polar surface area (TPSA) is 123 Å². The second-order valence-electron chi connectivity index (χ2n) is 5.98. The number of non-ortho nitro benzene ring substituents is 1. The molecule has 9 nitrogen and oxygen atoms in total. The molecule has 10 heteroatoms. The summed E-state index contributed by atoms with van der Waals surface area (Å²) >= 11 is 1.36. The summed E-state index contributed by atoms with van der Waals surface area (Å²) in [5.74, 6) is 0.722. The van der Waals surface area contributed by atoms with Crippen LogP contribution in [-0.2, 0) is 0 Å². The van der Waals surface area contributed by atoms with Gasteiger partial charge < -0.3 is 15.1 Å². The highest BCUT2D eigenvalue weighted by molar-refractivity contribution is 7.98. The van der Waals surface area contributed by atoms with Crippen molar-refractivity contribution in [3.8, 4) is 11.6 Å². The van der Waals surface area contributed by atoms with Crippen LogP contribution in [0, 0.1) is 17.0 Å². The molecular weight excluding hydrogens is 394 g/mol. The minimum atomic E-state index is -0.450. The van der Waals surface area contributed by atoms with Crippen LogP contribution in [0.5, 0.6) is 0 Å². The Morgan fingerprint density at radius 3 is 2.59 bits per heavy atom. The van der Waals surface area contributed by atoms with Crippen molar-refractivity contribution in [3.05, 3.63) is 64.0 Å². The lowest BCUT2D eigenvalue weighted by molar-refractivity contribution is -0.384. The average molecular weight is 413 g/mol. The Hall–Kier alpha value is -3.40. The lowest BCUT2D eigenvalue weighted by atomic mass is 10.2. The van der Waals surface area contributed by atoms with Gasteiger partial charge in [0.15, 0.2) is 11.6 Å². The molecule has 0 atom stereocenters. The highest BCUT2D eigenvalue weighted by Gasteiger charge is 2.19. The van der Waals surface area contributed by atoms with Crippen molar-refractivity contribution in [2.45, 2.75) is 11.9 Å². The summed E-state index contributed by atoms with van der Waals surface area (Å²) in [7, 11) is 0. The van der Waals surface area contributed by atoms with E-state index in [1.807, 2.05) is 6.26 Å². The molecule has 29 heavy (non-hydrogen) atoms. The Balaban J connectivity index is 1.61. The van der Waals surface area contributed by atoms with E-state index in [0.717, 1.165) is 5.69 Å². The summed E-state index contributed by atoms with van der Waals surface area (Å²) in [6.45, 7) is 2.59. The van der Waals surface area contributed by atoms with Crippen molar-refractivity contribution in [2.24, 2.45) is 0 Å². The molecule has 150 valence electrons. The molecule has 2 N–H and O–H groups in total. The molecule has 0 bridgehead atoms. The van der Waals surface area contributed by atoms with Gasteiger partial charge in [0.05, 0.1) is 22.4 Å². The first-order chi connectivity index (χ1) is 14.0. The van der Waals surface area contributed by atoms with E-state index in [-0.39, 0.29) is 11.6 Å². The molecule has 3 rings (SSSR count). The summed E-state index contributed by atoms with van der Waals surface area (Å²) in [6, 6.07) is 9.61. The molecule has 2 aromatic heterocycles. The maximum Gasteiger partial charge on any atom is 0.269 e. The van der Waals surface area contributed by atoms with Gasteiger partial charge in [-0.05, 0) is 37.4 Å². The van der Waals surface area contributed by atoms with Crippen molar-refractivity contribution in [1.82, 2.24) is 15.3 Å². The first-order valence-electron chi connectivity index (χ1n) is 8.72. The van der Waals surface area contributed by atoms with Crippen LogP contribution in [0.15, 0.2) is 52.1 Å². The van der Waals surface area contributed by atoms with E-state index in [1.165, 1.54) is 23.9 Å². The standard InChI is InChI=1S/C19H19N5O4S/c1-12-16(19(29-2)23-17(22-12)15-4-3-11-28-15)18(25)21-10-9-20-13-5-7-14(8-6-13)24(26)27/h3-8,11,20H,9-10H2,1-2H3,(H,21,25). The number of amides is 1. The molecule has 0 fully saturated rings. The summed E-state index contributed by atoms with van der Waals surface area (Å²) in [6.07, 6.45) is 3.39. The van der Waals surface area contributed by atoms with Gasteiger partial charge in [-0.3, -0.25) is 14.9 Å². The summed E-state index contributed by atoms with van der Waals surface area (Å²) in [4.78, 5) is 31.7. The third kappa shape index (κ3) is 4.91. The van der Waals surface area contributed by atoms with E-state index in [1.54, 1.807) is 37.5 Å². The molecule has 0 spiro atoms. The number of benzene rings is 1. The van der Waals surface area contributed by atoms with E-state index >= 15 is 0 Å². The normalized spacial score (nSPS) is 10.6. The highest BCUT2D eigenvalue weighted by atomic mass is 32.2. The summed E-state index contributed by atoms with van der Waals surface area (Å²) < 4.78 is 5.34. The number of carbonyl (C=O) groups excluding carboxylic acids is 1. The van der Waals surface area contributed by atoms with Crippen LogP contribution in [0.3, 0.4) is 0 Å². The minimum Gasteiger partial charge on any atom is -0.461 e. The Morgan fingerprint density at radius 2 is 1.97 bits per heavy atom. The molecule has 2 heterocycles. The summed E-state index contributed by atoms with van der Waals surface area (Å²) in [5.41, 5.74) is 1.76. The summed E-state index contributed by atoms with van der Waals surface area (Å²) in [5, 5.41) is 17.2. The van der Waals surface area contributed by atoms with Gasteiger partial charge in [-0.15, -0.1) is 11.8 Å². The number of nitro groups is 1. The number of hydrogen-bond donors (Lipinski definition) is 2. The molecule has 0 saturated carbocycles. The fourth-order valence-corrected chi connectivity index (χ4v) is 3.27. The number of carbonyl (C=O) groups is 1. The average Bonchev–Trinajstić information content (AvgIpc) is 3.25. The number of hydrogen-bond acceptors (Lipinski definition) is 8. The van der Waals surface area contributed by atoms with Crippen molar-refractivity contribution in [2.75, 3.05) is 24.7 Å². The second kappa shape index (κ2) is 9.20. The van der Waals surface area contributed by atoms with E-state index in [0.29, 0.717) is 41.0 Å². The fraction of sp³-hybridized carbons (Fsp3) is 0.211. The number of rotatable bonds is 8. The number of nitrogens with zero attached hydrogens (tertiary/aromatic N) is 3. The smallest absolute Gasteiger partial charge is 0.269 e. The maximum atomic E-state index is 12.6. The fourth-order valence-electron chi connectivity index (χ4n) is 2.64. The zero-order chi connectivity index (χ0) is 20.8. The predicted molar refractivity (Wildman–Crippen MR) is 110 cm³/mol. The molecule has 0 aliphatic rings. The Kier molecular flexibility index (Phi) is 6.45. The van der Waals surface area contributed by atoms with E-state index < -0.39 is 4.92 Å². The Morgan fingerprint density at radius 1 is 1.21 bits per heavy atom. The molecule has 1 amide bonds. The number of aryl methyl sites for hydroxylation is 1. The van der Waals surface area contributed by atoms with Crippen molar-refractivity contribution in [1.29, 1.82) is 0 Å². The van der Waals surface area contributed by atoms with Crippen LogP contribution in [0.1, 0.15) is 16.1 Å². The van der Waals surface area contributed by atoms with Gasteiger partial charge in [-0.2, -0.15) is 0 Å². The SMILES string of the molecule is CSc1nc(-c2ccco2)nc(C)c1C(=O)NCCNc1ccc([N+](=O)[O-])cc1. The maximum absolute atomic E-state index is 12.6. The first-order valence-corrected chi connectivity index (χ1v) is 9.95. The van der Waals surface area contributed by atoms with Gasteiger partial charge in [0, 0.05) is 30.9 Å². The quantitative estimate of drug-likeness (QED) is 0.189. The van der Waals surface area contributed by atoms with Gasteiger partial charge in [0.2, 0.25) is 0 Å². The number of anilines is 1. The van der Waals surface area contributed by atoms with E-state index in [4.69, 9.17) is 4.42 Å². The predicted octanol–water partition coefficient (Wildman–Crippen LogP) is 3.52. The first kappa shape index (κ1) is 20.3. The van der Waals surface area contributed by atoms with Crippen molar-refractivity contribution < 1.29 is 14.1 Å². The monoisotopic (exact) mass is 413 g/mol. The lowest BCUT2D eigenvalue weighted by Crippen LogP contribution is -2.30. The van der Waals surface area contributed by atoms with Crippen molar-refractivity contribution in [3.63, 3.8) is 0 Å². The second-order valence-corrected chi connectivity index (χ2v) is 6.78. The number of aromatic nitrogens is 2. The molecule has 3 aromatic rings. The molecule has 1 aromatic carbocycles. The number of nitrogens with one attached hydrogen (secondary N) is 2. The third-order valence-corrected chi connectivity index (χ3v) is 4.72. The van der Waals surface area contributed by atoms with E-state index in [2.05, 4.69) is 20.6 Å². The van der Waals surface area contributed by atoms with Crippen LogP contribution in [-0.4, -0.2) is 40.1 Å². The van der Waals surface area contributed by atoms with Crippen LogP contribution < -0.4 is 10.6 Å². The zero-order valence-corrected chi connectivity index (χ0v) is 16.7. The van der Waals surface area contributed by atoms with Crippen LogP contribution >= 0.6 is 11.8 Å². The Labute approximate surface area is 171 Å². The van der Waals surface area contributed by atoms with Crippen LogP contribution in [0.2, 0.25) is 0 Å². The van der Waals surface area contributed by atoms with E-state index in [9.17, 15) is 14.9 Å². The van der Waals surface area contributed by atoms with Gasteiger partial charge >= 0.3 is 0 Å². The molecule has 0 saturated heterocycles. The third-order valence-electron chi connectivity index (χ3n) is 4.04. The lowest BCUT2D eigenvalue weighted by Gasteiger charge is -2.12. The van der Waals surface area contributed by atoms with Gasteiger partial charge in [-0.1, -0.05) is 0 Å². The van der Waals surface area contributed by atoms with Crippen LogP contribution in [0.4, 0.5) is 11.4 Å². The molecule has 0 aliphatic carbocycles.